The predicted molar refractivity (Wildman–Crippen MR) is 55.1 cm³/mol. The maximum atomic E-state index is 2.38. The molecule has 0 aliphatic heterocycles. The van der Waals surface area contributed by atoms with E-state index in [2.05, 4.69) is 34.6 Å². The van der Waals surface area contributed by atoms with Gasteiger partial charge in [0.25, 0.3) is 0 Å². The van der Waals surface area contributed by atoms with Gasteiger partial charge in [-0.2, -0.15) is 0 Å². The normalized spacial score (nSPS) is 33.5. The van der Waals surface area contributed by atoms with Crippen molar-refractivity contribution in [1.29, 1.82) is 0 Å². The van der Waals surface area contributed by atoms with E-state index in [-0.39, 0.29) is 0 Å². The second kappa shape index (κ2) is 3.64. The van der Waals surface area contributed by atoms with Gasteiger partial charge in [-0.1, -0.05) is 45.8 Å². The van der Waals surface area contributed by atoms with Gasteiger partial charge in [0, 0.05) is 0 Å². The van der Waals surface area contributed by atoms with Gasteiger partial charge in [0.15, 0.2) is 0 Å². The summed E-state index contributed by atoms with van der Waals surface area (Å²) in [6.07, 6.45) is 2.62. The summed E-state index contributed by atoms with van der Waals surface area (Å²) in [6.45, 7) is 11.7. The minimum Gasteiger partial charge on any atom is -0.0684 e. The highest BCUT2D eigenvalue weighted by atomic mass is 14.4. The van der Waals surface area contributed by atoms with Crippen molar-refractivity contribution >= 4 is 0 Å². The van der Waals surface area contributed by atoms with Crippen LogP contribution in [0.5, 0.6) is 0 Å². The van der Waals surface area contributed by atoms with Crippen LogP contribution in [0.3, 0.4) is 0 Å². The summed E-state index contributed by atoms with van der Waals surface area (Å²) in [6, 6.07) is 0. The van der Waals surface area contributed by atoms with E-state index in [1.807, 2.05) is 0 Å². The van der Waals surface area contributed by atoms with Crippen LogP contribution in [0.1, 0.15) is 47.5 Å². The van der Waals surface area contributed by atoms with Gasteiger partial charge in [0.2, 0.25) is 0 Å². The molecule has 2 unspecified atom stereocenters. The summed E-state index contributed by atoms with van der Waals surface area (Å²) in [5.41, 5.74) is 3.49. The molecule has 70 valence electrons. The Hall–Kier alpha value is -0.260. The lowest BCUT2D eigenvalue weighted by atomic mass is 9.68. The molecular weight excluding hydrogens is 144 g/mol. The van der Waals surface area contributed by atoms with Crippen LogP contribution >= 0.6 is 0 Å². The zero-order chi connectivity index (χ0) is 9.30. The van der Waals surface area contributed by atoms with Crippen molar-refractivity contribution in [2.24, 2.45) is 17.8 Å². The fraction of sp³-hybridized carbons (Fsp3) is 0.833. The maximum absolute atomic E-state index is 2.38. The van der Waals surface area contributed by atoms with E-state index in [1.54, 1.807) is 11.1 Å². The van der Waals surface area contributed by atoms with Gasteiger partial charge < -0.3 is 0 Å². The van der Waals surface area contributed by atoms with E-state index in [1.165, 1.54) is 12.8 Å². The fourth-order valence-corrected chi connectivity index (χ4v) is 2.32. The first kappa shape index (κ1) is 9.83. The molecule has 0 heterocycles. The van der Waals surface area contributed by atoms with E-state index in [0.717, 1.165) is 17.8 Å². The van der Waals surface area contributed by atoms with Crippen LogP contribution in [0.25, 0.3) is 0 Å². The van der Waals surface area contributed by atoms with Crippen LogP contribution in [-0.2, 0) is 0 Å². The minimum absolute atomic E-state index is 0.764. The summed E-state index contributed by atoms with van der Waals surface area (Å²) < 4.78 is 0. The van der Waals surface area contributed by atoms with Crippen LogP contribution in [0, 0.1) is 17.8 Å². The lowest BCUT2D eigenvalue weighted by Gasteiger charge is -2.38. The van der Waals surface area contributed by atoms with Crippen molar-refractivity contribution < 1.29 is 0 Å². The average Bonchev–Trinajstić information content (AvgIpc) is 2.03. The highest BCUT2D eigenvalue weighted by Gasteiger charge is 2.30. The summed E-state index contributed by atoms with van der Waals surface area (Å²) >= 11 is 0. The van der Waals surface area contributed by atoms with Crippen LogP contribution in [0.4, 0.5) is 0 Å². The zero-order valence-electron chi connectivity index (χ0n) is 9.15. The second-order valence-corrected chi connectivity index (χ2v) is 4.53. The van der Waals surface area contributed by atoms with Crippen molar-refractivity contribution in [3.63, 3.8) is 0 Å². The summed E-state index contributed by atoms with van der Waals surface area (Å²) in [5, 5.41) is 0. The van der Waals surface area contributed by atoms with Crippen molar-refractivity contribution in [2.45, 2.75) is 47.5 Å². The van der Waals surface area contributed by atoms with Crippen molar-refractivity contribution in [3.05, 3.63) is 11.1 Å². The van der Waals surface area contributed by atoms with Crippen molar-refractivity contribution in [2.75, 3.05) is 0 Å². The SMILES string of the molecule is CCC(=C1CC(C)C1C)C(C)C. The van der Waals surface area contributed by atoms with E-state index >= 15 is 0 Å². The zero-order valence-corrected chi connectivity index (χ0v) is 9.15. The molecule has 0 nitrogen and oxygen atoms in total. The third kappa shape index (κ3) is 1.57. The largest absolute Gasteiger partial charge is 0.0684 e. The third-order valence-corrected chi connectivity index (χ3v) is 3.44. The quantitative estimate of drug-likeness (QED) is 0.543. The van der Waals surface area contributed by atoms with Crippen LogP contribution in [-0.4, -0.2) is 0 Å². The Balaban J connectivity index is 2.75. The Labute approximate surface area is 77.1 Å². The average molecular weight is 166 g/mol. The predicted octanol–water partition coefficient (Wildman–Crippen LogP) is 4.02. The molecule has 1 aliphatic carbocycles. The number of hydrogen-bond donors (Lipinski definition) is 0. The standard InChI is InChI=1S/C12H22/c1-6-11(8(2)3)12-7-9(4)10(12)5/h8-10H,6-7H2,1-5H3. The monoisotopic (exact) mass is 166 g/mol. The van der Waals surface area contributed by atoms with Crippen LogP contribution in [0.15, 0.2) is 11.1 Å². The molecule has 0 aromatic heterocycles. The van der Waals surface area contributed by atoms with Gasteiger partial charge in [0.05, 0.1) is 0 Å². The molecule has 1 fully saturated rings. The lowest BCUT2D eigenvalue weighted by Crippen LogP contribution is -2.26. The van der Waals surface area contributed by atoms with Crippen LogP contribution < -0.4 is 0 Å². The molecular formula is C12H22. The maximum Gasteiger partial charge on any atom is -0.0200 e. The van der Waals surface area contributed by atoms with E-state index in [4.69, 9.17) is 0 Å². The Morgan fingerprint density at radius 1 is 1.42 bits per heavy atom. The van der Waals surface area contributed by atoms with E-state index in [0.29, 0.717) is 0 Å². The molecule has 0 aromatic rings. The molecule has 0 spiro atoms. The number of allylic oxidation sites excluding steroid dienone is 2. The Morgan fingerprint density at radius 2 is 2.00 bits per heavy atom. The molecule has 2 atom stereocenters. The summed E-state index contributed by atoms with van der Waals surface area (Å²) in [5.74, 6) is 2.56. The number of hydrogen-bond acceptors (Lipinski definition) is 0. The van der Waals surface area contributed by atoms with E-state index in [9.17, 15) is 0 Å². The third-order valence-electron chi connectivity index (χ3n) is 3.44. The molecule has 0 radical (unpaired) electrons. The molecule has 0 N–H and O–H groups in total. The number of rotatable bonds is 2. The van der Waals surface area contributed by atoms with E-state index < -0.39 is 0 Å². The Morgan fingerprint density at radius 3 is 2.25 bits per heavy atom. The van der Waals surface area contributed by atoms with Gasteiger partial charge in [-0.3, -0.25) is 0 Å². The lowest BCUT2D eigenvalue weighted by molar-refractivity contribution is 0.316. The molecule has 1 rings (SSSR count). The van der Waals surface area contributed by atoms with Gasteiger partial charge >= 0.3 is 0 Å². The molecule has 12 heavy (non-hydrogen) atoms. The van der Waals surface area contributed by atoms with Gasteiger partial charge in [-0.25, -0.2) is 0 Å². The first-order valence-electron chi connectivity index (χ1n) is 5.29. The molecule has 0 saturated heterocycles. The molecule has 1 saturated carbocycles. The van der Waals surface area contributed by atoms with Gasteiger partial charge in [-0.15, -0.1) is 0 Å². The summed E-state index contributed by atoms with van der Waals surface area (Å²) in [7, 11) is 0. The first-order valence-corrected chi connectivity index (χ1v) is 5.29. The molecule has 0 heteroatoms. The minimum atomic E-state index is 0.764. The highest BCUT2D eigenvalue weighted by molar-refractivity contribution is 5.25. The van der Waals surface area contributed by atoms with Gasteiger partial charge in [-0.05, 0) is 30.6 Å². The van der Waals surface area contributed by atoms with Crippen molar-refractivity contribution in [3.8, 4) is 0 Å². The van der Waals surface area contributed by atoms with Crippen LogP contribution in [0.2, 0.25) is 0 Å². The topological polar surface area (TPSA) is 0 Å². The molecule has 0 amide bonds. The second-order valence-electron chi connectivity index (χ2n) is 4.53. The Bertz CT molecular complexity index is 186. The fourth-order valence-electron chi connectivity index (χ4n) is 2.32. The smallest absolute Gasteiger partial charge is 0.0200 e. The highest BCUT2D eigenvalue weighted by Crippen LogP contribution is 2.43. The Kier molecular flexibility index (Phi) is 2.98. The summed E-state index contributed by atoms with van der Waals surface area (Å²) in [4.78, 5) is 0. The first-order chi connectivity index (χ1) is 5.57. The van der Waals surface area contributed by atoms with Gasteiger partial charge in [0.1, 0.15) is 0 Å². The molecule has 0 aromatic carbocycles. The molecule has 0 bridgehead atoms. The molecule has 1 aliphatic rings. The van der Waals surface area contributed by atoms with Crippen molar-refractivity contribution in [1.82, 2.24) is 0 Å².